The molecule has 0 bridgehead atoms. The molecule has 0 atom stereocenters. The normalized spacial score (nSPS) is 0. The third-order valence-electron chi connectivity index (χ3n) is 0. The molecule has 28 valence electrons. The van der Waals surface area contributed by atoms with Crippen LogP contribution in [0.2, 0.25) is 0 Å². The fourth-order valence-electron chi connectivity index (χ4n) is 0. The predicted molar refractivity (Wildman–Crippen MR) is 0 cm³/mol. The van der Waals surface area contributed by atoms with Crippen molar-refractivity contribution in [1.82, 2.24) is 0 Å². The van der Waals surface area contributed by atoms with Gasteiger partial charge in [0.1, 0.15) is 0 Å². The van der Waals surface area contributed by atoms with E-state index >= 15 is 0 Å². The van der Waals surface area contributed by atoms with E-state index in [1.807, 2.05) is 0 Å². The number of hydrogen-bond donors (Lipinski definition) is 0. The van der Waals surface area contributed by atoms with E-state index in [0.717, 1.165) is 0 Å². The van der Waals surface area contributed by atoms with Gasteiger partial charge in [-0.1, -0.05) is 0 Å². The van der Waals surface area contributed by atoms with Crippen molar-refractivity contribution in [3.8, 4) is 0 Å². The van der Waals surface area contributed by atoms with E-state index in [-0.39, 0.29) is 81.6 Å². The second kappa shape index (κ2) is 17.4. The van der Waals surface area contributed by atoms with Gasteiger partial charge < -0.3 is 0 Å². The SMILES string of the molecule is [Cu].[Mo].[Ta].[W]. The fourth-order valence-corrected chi connectivity index (χ4v) is 0. The third-order valence-corrected chi connectivity index (χ3v) is 0. The van der Waals surface area contributed by atoms with Gasteiger partial charge in [-0.05, 0) is 0 Å². The second-order valence-electron chi connectivity index (χ2n) is 0. The quantitative estimate of drug-likeness (QED) is 0.392. The molecular formula is CuMoTaW. The molecule has 0 spiro atoms. The summed E-state index contributed by atoms with van der Waals surface area (Å²) in [7, 11) is 0. The average Bonchev–Trinajstić information content (AvgIpc) is 0. The molecule has 0 aromatic heterocycles. The van der Waals surface area contributed by atoms with Crippen LogP contribution in [0.1, 0.15) is 0 Å². The minimum absolute atomic E-state index is 0. The maximum Gasteiger partial charge on any atom is 0 e. The van der Waals surface area contributed by atoms with Gasteiger partial charge in [0.15, 0.2) is 0 Å². The van der Waals surface area contributed by atoms with E-state index in [9.17, 15) is 0 Å². The van der Waals surface area contributed by atoms with Gasteiger partial charge >= 0.3 is 0 Å². The van der Waals surface area contributed by atoms with Crippen molar-refractivity contribution in [3.63, 3.8) is 0 Å². The van der Waals surface area contributed by atoms with Crippen LogP contribution in [0.5, 0.6) is 0 Å². The van der Waals surface area contributed by atoms with Crippen LogP contribution >= 0.6 is 0 Å². The van der Waals surface area contributed by atoms with Gasteiger partial charge in [-0.3, -0.25) is 0 Å². The van der Waals surface area contributed by atoms with E-state index in [4.69, 9.17) is 0 Å². The summed E-state index contributed by atoms with van der Waals surface area (Å²) in [6, 6.07) is 0. The Morgan fingerprint density at radius 1 is 1.00 bits per heavy atom. The van der Waals surface area contributed by atoms with Crippen molar-refractivity contribution in [2.24, 2.45) is 0 Å². The van der Waals surface area contributed by atoms with E-state index in [1.54, 1.807) is 0 Å². The Morgan fingerprint density at radius 2 is 1.00 bits per heavy atom. The van der Waals surface area contributed by atoms with Crippen LogP contribution in [0.4, 0.5) is 0 Å². The van der Waals surface area contributed by atoms with Crippen molar-refractivity contribution in [1.29, 1.82) is 0 Å². The van der Waals surface area contributed by atoms with Gasteiger partial charge in [0.2, 0.25) is 0 Å². The van der Waals surface area contributed by atoms with Crippen molar-refractivity contribution < 1.29 is 81.6 Å². The summed E-state index contributed by atoms with van der Waals surface area (Å²) < 4.78 is 0. The molecule has 4 heteroatoms. The molecule has 0 aliphatic carbocycles. The summed E-state index contributed by atoms with van der Waals surface area (Å²) in [4.78, 5) is 0. The first-order valence-corrected chi connectivity index (χ1v) is 0. The standard InChI is InChI=1S/Cu.Mo.Ta.W. The first-order chi connectivity index (χ1) is 0. The maximum absolute atomic E-state index is 0. The molecule has 0 saturated heterocycles. The van der Waals surface area contributed by atoms with Gasteiger partial charge in [-0.15, -0.1) is 0 Å². The summed E-state index contributed by atoms with van der Waals surface area (Å²) >= 11 is 0. The van der Waals surface area contributed by atoms with Crippen molar-refractivity contribution in [2.45, 2.75) is 0 Å². The Bertz CT molecular complexity index is 8.00. The van der Waals surface area contributed by atoms with Crippen LogP contribution in [0, 0.1) is 0 Å². The van der Waals surface area contributed by atoms with Crippen molar-refractivity contribution >= 4 is 0 Å². The molecule has 0 aromatic rings. The topological polar surface area (TPSA) is 0 Å². The van der Waals surface area contributed by atoms with E-state index in [0.29, 0.717) is 0 Å². The Kier molecular flexibility index (Phi) is 132. The van der Waals surface area contributed by atoms with E-state index < -0.39 is 0 Å². The minimum atomic E-state index is 0. The van der Waals surface area contributed by atoms with Crippen LogP contribution in [0.25, 0.3) is 0 Å². The fraction of sp³-hybridized carbons (Fsp3) is 0. The van der Waals surface area contributed by atoms with Gasteiger partial charge in [0.25, 0.3) is 0 Å². The predicted octanol–water partition coefficient (Wildman–Crippen LogP) is -0.0100. The van der Waals surface area contributed by atoms with E-state index in [2.05, 4.69) is 0 Å². The molecule has 0 aliphatic rings. The third kappa shape index (κ3) is 8.82. The zero-order chi connectivity index (χ0) is 0. The summed E-state index contributed by atoms with van der Waals surface area (Å²) in [5.41, 5.74) is 0. The molecule has 0 unspecified atom stereocenters. The van der Waals surface area contributed by atoms with Gasteiger partial charge in [0, 0.05) is 81.6 Å². The van der Waals surface area contributed by atoms with E-state index in [1.165, 1.54) is 0 Å². The van der Waals surface area contributed by atoms with Crippen molar-refractivity contribution in [3.05, 3.63) is 0 Å². The zero-order valence-electron chi connectivity index (χ0n) is 1.57. The van der Waals surface area contributed by atoms with Crippen LogP contribution < -0.4 is 0 Å². The summed E-state index contributed by atoms with van der Waals surface area (Å²) in [5.74, 6) is 0. The van der Waals surface area contributed by atoms with Crippen LogP contribution in [-0.2, 0) is 81.6 Å². The van der Waals surface area contributed by atoms with Crippen molar-refractivity contribution in [2.75, 3.05) is 0 Å². The van der Waals surface area contributed by atoms with Crippen LogP contribution in [0.15, 0.2) is 0 Å². The molecule has 0 heterocycles. The molecular weight excluding hydrogens is 524 g/mol. The van der Waals surface area contributed by atoms with Gasteiger partial charge in [0.05, 0.1) is 0 Å². The van der Waals surface area contributed by atoms with Crippen LogP contribution in [0.3, 0.4) is 0 Å². The van der Waals surface area contributed by atoms with Gasteiger partial charge in [-0.2, -0.15) is 0 Å². The Hall–Kier alpha value is 2.64. The average molecular weight is 524 g/mol. The second-order valence-corrected chi connectivity index (χ2v) is 0. The molecule has 4 heavy (non-hydrogen) atoms. The summed E-state index contributed by atoms with van der Waals surface area (Å²) in [5, 5.41) is 0. The molecule has 0 rings (SSSR count). The number of hydrogen-bond acceptors (Lipinski definition) is 0. The largest absolute Gasteiger partial charge is 0 e. The molecule has 0 amide bonds. The molecule has 0 saturated carbocycles. The summed E-state index contributed by atoms with van der Waals surface area (Å²) in [6.07, 6.45) is 0. The Labute approximate surface area is 80.4 Å². The minimum Gasteiger partial charge on any atom is 0 e. The zero-order valence-corrected chi connectivity index (χ0v) is 10.7. The summed E-state index contributed by atoms with van der Waals surface area (Å²) in [6.45, 7) is 0. The smallest absolute Gasteiger partial charge is 0 e. The molecule has 2 radical (unpaired) electrons. The molecule has 0 fully saturated rings. The molecule has 0 aromatic carbocycles. The Morgan fingerprint density at radius 3 is 1.00 bits per heavy atom. The molecule has 0 nitrogen and oxygen atoms in total. The first-order valence-electron chi connectivity index (χ1n) is 0. The van der Waals surface area contributed by atoms with Crippen LogP contribution in [-0.4, -0.2) is 0 Å². The first kappa shape index (κ1) is 30.3. The molecule has 0 N–H and O–H groups in total. The maximum atomic E-state index is 0. The monoisotopic (exact) mass is 526 g/mol. The number of rotatable bonds is 0. The van der Waals surface area contributed by atoms with Gasteiger partial charge in [-0.25, -0.2) is 0 Å². The Balaban J connectivity index is 0. The molecule has 0 aliphatic heterocycles.